The van der Waals surface area contributed by atoms with Gasteiger partial charge in [0.05, 0.1) is 16.8 Å². The number of hydrogen-bond donors (Lipinski definition) is 3. The second kappa shape index (κ2) is 5.62. The minimum atomic E-state index is -1.36. The average Bonchev–Trinajstić information content (AvgIpc) is 2.40. The van der Waals surface area contributed by atoms with Crippen molar-refractivity contribution < 1.29 is 24.2 Å². The molecular formula is C15H12FNO4. The van der Waals surface area contributed by atoms with Gasteiger partial charge in [-0.15, -0.1) is 0 Å². The molecule has 6 heteroatoms. The number of anilines is 1. The fraction of sp³-hybridized carbons (Fsp3) is 0.0667. The van der Waals surface area contributed by atoms with Crippen molar-refractivity contribution in [1.82, 2.24) is 0 Å². The van der Waals surface area contributed by atoms with Gasteiger partial charge < -0.3 is 15.5 Å². The molecule has 0 aromatic heterocycles. The molecule has 3 N–H and O–H groups in total. The molecule has 0 aliphatic heterocycles. The minimum absolute atomic E-state index is 0.00117. The van der Waals surface area contributed by atoms with Crippen LogP contribution in [-0.4, -0.2) is 22.1 Å². The monoisotopic (exact) mass is 289 g/mol. The van der Waals surface area contributed by atoms with E-state index in [0.717, 1.165) is 23.8 Å². The second-order valence-corrected chi connectivity index (χ2v) is 4.47. The topological polar surface area (TPSA) is 86.6 Å². The fourth-order valence-electron chi connectivity index (χ4n) is 1.83. The summed E-state index contributed by atoms with van der Waals surface area (Å²) in [6, 6.07) is 7.48. The maximum absolute atomic E-state index is 13.1. The number of amides is 1. The summed E-state index contributed by atoms with van der Waals surface area (Å²) < 4.78 is 13.1. The van der Waals surface area contributed by atoms with Gasteiger partial charge in [-0.25, -0.2) is 9.18 Å². The van der Waals surface area contributed by atoms with Crippen molar-refractivity contribution in [2.45, 2.75) is 6.92 Å². The third kappa shape index (κ3) is 3.17. The third-order valence-electron chi connectivity index (χ3n) is 2.86. The van der Waals surface area contributed by atoms with Gasteiger partial charge in [0, 0.05) is 0 Å². The molecule has 0 saturated heterocycles. The fourth-order valence-corrected chi connectivity index (χ4v) is 1.83. The lowest BCUT2D eigenvalue weighted by Crippen LogP contribution is -2.15. The van der Waals surface area contributed by atoms with Crippen LogP contribution in [0.3, 0.4) is 0 Å². The highest BCUT2D eigenvalue weighted by molar-refractivity contribution is 6.09. The molecule has 0 radical (unpaired) electrons. The lowest BCUT2D eigenvalue weighted by Gasteiger charge is -2.10. The standard InChI is InChI=1S/C15H12FNO4/c1-8-2-4-10(13(18)6-8)14(19)17-12-5-3-9(16)7-11(12)15(20)21/h2-7,18H,1H3,(H,17,19)(H,20,21). The molecule has 2 aromatic carbocycles. The first kappa shape index (κ1) is 14.5. The zero-order valence-electron chi connectivity index (χ0n) is 11.1. The zero-order valence-corrected chi connectivity index (χ0v) is 11.1. The van der Waals surface area contributed by atoms with Crippen molar-refractivity contribution >= 4 is 17.6 Å². The summed E-state index contributed by atoms with van der Waals surface area (Å²) in [5, 5.41) is 21.1. The van der Waals surface area contributed by atoms with Gasteiger partial charge in [-0.3, -0.25) is 4.79 Å². The van der Waals surface area contributed by atoms with Gasteiger partial charge >= 0.3 is 5.97 Å². The summed E-state index contributed by atoms with van der Waals surface area (Å²) in [6.45, 7) is 1.75. The highest BCUT2D eigenvalue weighted by atomic mass is 19.1. The molecule has 0 aliphatic rings. The predicted molar refractivity (Wildman–Crippen MR) is 74.2 cm³/mol. The number of nitrogens with one attached hydrogen (secondary N) is 1. The van der Waals surface area contributed by atoms with Crippen LogP contribution in [-0.2, 0) is 0 Å². The number of aromatic hydroxyl groups is 1. The smallest absolute Gasteiger partial charge is 0.337 e. The van der Waals surface area contributed by atoms with Crippen molar-refractivity contribution in [2.24, 2.45) is 0 Å². The molecule has 5 nitrogen and oxygen atoms in total. The molecule has 0 aliphatic carbocycles. The summed E-state index contributed by atoms with van der Waals surface area (Å²) >= 11 is 0. The van der Waals surface area contributed by atoms with E-state index >= 15 is 0 Å². The van der Waals surface area contributed by atoms with E-state index in [9.17, 15) is 19.1 Å². The Balaban J connectivity index is 2.34. The van der Waals surface area contributed by atoms with Gasteiger partial charge in [0.2, 0.25) is 0 Å². The highest BCUT2D eigenvalue weighted by Crippen LogP contribution is 2.22. The van der Waals surface area contributed by atoms with Crippen LogP contribution in [0.15, 0.2) is 36.4 Å². The Morgan fingerprint density at radius 2 is 1.81 bits per heavy atom. The number of carbonyl (C=O) groups is 2. The molecule has 0 heterocycles. The maximum Gasteiger partial charge on any atom is 0.337 e. The molecule has 0 atom stereocenters. The molecule has 0 saturated carbocycles. The zero-order chi connectivity index (χ0) is 15.6. The Bertz CT molecular complexity index is 728. The first-order valence-corrected chi connectivity index (χ1v) is 6.02. The van der Waals surface area contributed by atoms with E-state index in [-0.39, 0.29) is 22.6 Å². The molecule has 2 rings (SSSR count). The van der Waals surface area contributed by atoms with Crippen LogP contribution in [0.2, 0.25) is 0 Å². The number of rotatable bonds is 3. The Morgan fingerprint density at radius 3 is 2.43 bits per heavy atom. The van der Waals surface area contributed by atoms with Crippen LogP contribution in [0.5, 0.6) is 5.75 Å². The second-order valence-electron chi connectivity index (χ2n) is 4.47. The molecule has 0 unspecified atom stereocenters. The van der Waals surface area contributed by atoms with Crippen molar-refractivity contribution in [3.63, 3.8) is 0 Å². The van der Waals surface area contributed by atoms with Gasteiger partial charge in [0.15, 0.2) is 0 Å². The quantitative estimate of drug-likeness (QED) is 0.811. The van der Waals surface area contributed by atoms with Gasteiger partial charge in [-0.2, -0.15) is 0 Å². The molecular weight excluding hydrogens is 277 g/mol. The minimum Gasteiger partial charge on any atom is -0.507 e. The van der Waals surface area contributed by atoms with Gasteiger partial charge in [0.1, 0.15) is 11.6 Å². The third-order valence-corrected chi connectivity index (χ3v) is 2.86. The Labute approximate surface area is 119 Å². The van der Waals surface area contributed by atoms with Crippen LogP contribution in [0.25, 0.3) is 0 Å². The van der Waals surface area contributed by atoms with Crippen molar-refractivity contribution in [1.29, 1.82) is 0 Å². The first-order valence-electron chi connectivity index (χ1n) is 6.02. The van der Waals surface area contributed by atoms with Crippen LogP contribution >= 0.6 is 0 Å². The molecule has 0 bridgehead atoms. The summed E-state index contributed by atoms with van der Waals surface area (Å²) in [4.78, 5) is 23.1. The van der Waals surface area contributed by atoms with E-state index in [4.69, 9.17) is 5.11 Å². The number of phenols is 1. The summed E-state index contributed by atoms with van der Waals surface area (Å²) in [7, 11) is 0. The lowest BCUT2D eigenvalue weighted by atomic mass is 10.1. The molecule has 108 valence electrons. The number of halogens is 1. The number of carbonyl (C=O) groups excluding carboxylic acids is 1. The Kier molecular flexibility index (Phi) is 3.89. The average molecular weight is 289 g/mol. The van der Waals surface area contributed by atoms with Gasteiger partial charge in [0.25, 0.3) is 5.91 Å². The molecule has 0 spiro atoms. The van der Waals surface area contributed by atoms with Crippen molar-refractivity contribution in [3.05, 3.63) is 58.9 Å². The first-order chi connectivity index (χ1) is 9.88. The molecule has 1 amide bonds. The summed E-state index contributed by atoms with van der Waals surface area (Å²) in [5.74, 6) is -2.98. The van der Waals surface area contributed by atoms with Crippen molar-refractivity contribution in [3.8, 4) is 5.75 Å². The van der Waals surface area contributed by atoms with E-state index in [1.54, 1.807) is 13.0 Å². The maximum atomic E-state index is 13.1. The normalized spacial score (nSPS) is 10.2. The molecule has 2 aromatic rings. The van der Waals surface area contributed by atoms with E-state index < -0.39 is 17.7 Å². The van der Waals surface area contributed by atoms with E-state index in [1.165, 1.54) is 12.1 Å². The summed E-state index contributed by atoms with van der Waals surface area (Å²) in [5.41, 5.74) is 0.363. The summed E-state index contributed by atoms with van der Waals surface area (Å²) in [6.07, 6.45) is 0. The number of phenolic OH excluding ortho intramolecular Hbond substituents is 1. The lowest BCUT2D eigenvalue weighted by molar-refractivity contribution is 0.0697. The van der Waals surface area contributed by atoms with Crippen LogP contribution in [0.4, 0.5) is 10.1 Å². The number of benzene rings is 2. The van der Waals surface area contributed by atoms with Crippen LogP contribution < -0.4 is 5.32 Å². The highest BCUT2D eigenvalue weighted by Gasteiger charge is 2.16. The van der Waals surface area contributed by atoms with Crippen LogP contribution in [0.1, 0.15) is 26.3 Å². The van der Waals surface area contributed by atoms with Gasteiger partial charge in [-0.1, -0.05) is 6.07 Å². The predicted octanol–water partition coefficient (Wildman–Crippen LogP) is 2.79. The Hall–Kier alpha value is -2.89. The van der Waals surface area contributed by atoms with Gasteiger partial charge in [-0.05, 0) is 42.8 Å². The van der Waals surface area contributed by atoms with E-state index in [0.29, 0.717) is 0 Å². The molecule has 0 fully saturated rings. The van der Waals surface area contributed by atoms with E-state index in [2.05, 4.69) is 5.32 Å². The number of aryl methyl sites for hydroxylation is 1. The number of carboxylic acid groups (broad SMARTS) is 1. The molecule has 21 heavy (non-hydrogen) atoms. The van der Waals surface area contributed by atoms with Crippen molar-refractivity contribution in [2.75, 3.05) is 5.32 Å². The SMILES string of the molecule is Cc1ccc(C(=O)Nc2ccc(F)cc2C(=O)O)c(O)c1. The van der Waals surface area contributed by atoms with Crippen LogP contribution in [0, 0.1) is 12.7 Å². The number of aromatic carboxylic acids is 1. The van der Waals surface area contributed by atoms with E-state index in [1.807, 2.05) is 0 Å². The largest absolute Gasteiger partial charge is 0.507 e. The Morgan fingerprint density at radius 1 is 1.10 bits per heavy atom. The number of carboxylic acids is 1. The number of hydrogen-bond acceptors (Lipinski definition) is 3.